The van der Waals surface area contributed by atoms with Crippen LogP contribution in [-0.4, -0.2) is 65.4 Å². The first-order valence-corrected chi connectivity index (χ1v) is 13.0. The Bertz CT molecular complexity index is 1480. The molecular formula is C22H22ClF3N4O7S. The third-order valence-corrected chi connectivity index (χ3v) is 6.67. The molecule has 0 spiro atoms. The van der Waals surface area contributed by atoms with Gasteiger partial charge in [-0.3, -0.25) is 4.79 Å². The van der Waals surface area contributed by atoms with Crippen LogP contribution in [0.4, 0.5) is 13.2 Å². The number of hydrogen-bond acceptors (Lipinski definition) is 9. The summed E-state index contributed by atoms with van der Waals surface area (Å²) in [6.45, 7) is -0.545. The number of esters is 1. The van der Waals surface area contributed by atoms with Gasteiger partial charge < -0.3 is 14.2 Å². The van der Waals surface area contributed by atoms with Gasteiger partial charge in [-0.15, -0.1) is 0 Å². The quantitative estimate of drug-likeness (QED) is 0.263. The van der Waals surface area contributed by atoms with Gasteiger partial charge in [-0.05, 0) is 19.1 Å². The number of carbonyl (C=O) groups excluding carboxylic acids is 2. The van der Waals surface area contributed by atoms with Crippen LogP contribution >= 0.6 is 11.6 Å². The van der Waals surface area contributed by atoms with Crippen molar-refractivity contribution < 1.29 is 45.4 Å². The van der Waals surface area contributed by atoms with Gasteiger partial charge in [-0.25, -0.2) is 22.6 Å². The largest absolute Gasteiger partial charge is 0.478 e. The lowest BCUT2D eigenvalue weighted by Crippen LogP contribution is -2.18. The first-order valence-electron chi connectivity index (χ1n) is 10.7. The molecular weight excluding hydrogens is 557 g/mol. The summed E-state index contributed by atoms with van der Waals surface area (Å²) in [7, 11) is -0.995. The molecule has 0 radical (unpaired) electrons. The summed E-state index contributed by atoms with van der Waals surface area (Å²) in [5, 5.41) is 7.45. The minimum Gasteiger partial charge on any atom is -0.478 e. The molecule has 0 aliphatic carbocycles. The number of carbonyl (C=O) groups is 2. The SMILES string of the molecule is CCOc1c(C(=O)Oc2c(C(=O)c3ccc(S(C)(=O)=O)c(COCC(F)(F)F)c3Cl)cnn2C)cnn1C. The van der Waals surface area contributed by atoms with Crippen molar-refractivity contribution in [3.63, 3.8) is 0 Å². The van der Waals surface area contributed by atoms with Crippen molar-refractivity contribution in [1.29, 1.82) is 0 Å². The maximum Gasteiger partial charge on any atom is 0.411 e. The lowest BCUT2D eigenvalue weighted by atomic mass is 10.0. The number of aryl methyl sites for hydroxylation is 2. The van der Waals surface area contributed by atoms with Crippen LogP contribution < -0.4 is 9.47 Å². The Morgan fingerprint density at radius 1 is 1.03 bits per heavy atom. The molecule has 0 bridgehead atoms. The zero-order valence-electron chi connectivity index (χ0n) is 20.5. The minimum atomic E-state index is -4.67. The van der Waals surface area contributed by atoms with Crippen LogP contribution in [0.25, 0.3) is 0 Å². The van der Waals surface area contributed by atoms with E-state index in [9.17, 15) is 31.2 Å². The molecule has 3 rings (SSSR count). The van der Waals surface area contributed by atoms with Crippen molar-refractivity contribution in [2.24, 2.45) is 14.1 Å². The highest BCUT2D eigenvalue weighted by molar-refractivity contribution is 7.90. The summed E-state index contributed by atoms with van der Waals surface area (Å²) in [6, 6.07) is 2.13. The van der Waals surface area contributed by atoms with Crippen molar-refractivity contribution in [3.05, 3.63) is 51.8 Å². The number of ketones is 1. The van der Waals surface area contributed by atoms with Gasteiger partial charge in [-0.2, -0.15) is 23.4 Å². The molecule has 38 heavy (non-hydrogen) atoms. The highest BCUT2D eigenvalue weighted by Crippen LogP contribution is 2.33. The topological polar surface area (TPSA) is 132 Å². The Labute approximate surface area is 219 Å². The monoisotopic (exact) mass is 578 g/mol. The Kier molecular flexibility index (Phi) is 8.53. The number of ether oxygens (including phenoxy) is 3. The fraction of sp³-hybridized carbons (Fsp3) is 0.364. The Morgan fingerprint density at radius 2 is 1.63 bits per heavy atom. The van der Waals surface area contributed by atoms with Crippen molar-refractivity contribution >= 4 is 33.2 Å². The zero-order valence-corrected chi connectivity index (χ0v) is 22.1. The van der Waals surface area contributed by atoms with Gasteiger partial charge in [0.2, 0.25) is 17.5 Å². The van der Waals surface area contributed by atoms with Crippen LogP contribution in [0, 0.1) is 0 Å². The van der Waals surface area contributed by atoms with E-state index in [1.165, 1.54) is 17.9 Å². The van der Waals surface area contributed by atoms with Crippen LogP contribution in [0.1, 0.15) is 38.8 Å². The van der Waals surface area contributed by atoms with Crippen molar-refractivity contribution in [1.82, 2.24) is 19.6 Å². The Morgan fingerprint density at radius 3 is 2.21 bits per heavy atom. The van der Waals surface area contributed by atoms with Gasteiger partial charge in [0.05, 0.1) is 35.5 Å². The van der Waals surface area contributed by atoms with Crippen LogP contribution in [0.5, 0.6) is 11.8 Å². The van der Waals surface area contributed by atoms with Crippen LogP contribution in [-0.2, 0) is 35.3 Å². The molecule has 206 valence electrons. The first-order chi connectivity index (χ1) is 17.7. The smallest absolute Gasteiger partial charge is 0.411 e. The predicted octanol–water partition coefficient (Wildman–Crippen LogP) is 3.14. The minimum absolute atomic E-state index is 0.0198. The highest BCUT2D eigenvalue weighted by Gasteiger charge is 2.30. The predicted molar refractivity (Wildman–Crippen MR) is 126 cm³/mol. The van der Waals surface area contributed by atoms with Crippen LogP contribution in [0.3, 0.4) is 0 Å². The van der Waals surface area contributed by atoms with Crippen molar-refractivity contribution in [2.75, 3.05) is 19.5 Å². The van der Waals surface area contributed by atoms with Gasteiger partial charge in [0.25, 0.3) is 0 Å². The van der Waals surface area contributed by atoms with E-state index in [2.05, 4.69) is 14.9 Å². The average molecular weight is 579 g/mol. The van der Waals surface area contributed by atoms with Crippen LogP contribution in [0.15, 0.2) is 29.4 Å². The second kappa shape index (κ2) is 11.1. The summed E-state index contributed by atoms with van der Waals surface area (Å²) in [5.74, 6) is -1.88. The fourth-order valence-electron chi connectivity index (χ4n) is 3.39. The number of rotatable bonds is 10. The summed E-state index contributed by atoms with van der Waals surface area (Å²) in [5.41, 5.74) is -0.845. The van der Waals surface area contributed by atoms with E-state index < -0.39 is 50.9 Å². The third kappa shape index (κ3) is 6.34. The molecule has 0 unspecified atom stereocenters. The van der Waals surface area contributed by atoms with E-state index >= 15 is 0 Å². The molecule has 16 heteroatoms. The molecule has 0 atom stereocenters. The summed E-state index contributed by atoms with van der Waals surface area (Å²) < 4.78 is 80.0. The molecule has 2 heterocycles. The molecule has 3 aromatic rings. The van der Waals surface area contributed by atoms with E-state index in [1.54, 1.807) is 14.0 Å². The molecule has 0 amide bonds. The number of hydrogen-bond donors (Lipinski definition) is 0. The number of aromatic nitrogens is 4. The Balaban J connectivity index is 1.99. The summed E-state index contributed by atoms with van der Waals surface area (Å²) in [4.78, 5) is 25.8. The van der Waals surface area contributed by atoms with E-state index in [4.69, 9.17) is 21.1 Å². The second-order valence-corrected chi connectivity index (χ2v) is 10.3. The number of halogens is 4. The number of benzene rings is 1. The number of nitrogens with zero attached hydrogens (tertiary/aromatic N) is 4. The third-order valence-electron chi connectivity index (χ3n) is 5.06. The van der Waals surface area contributed by atoms with E-state index in [0.29, 0.717) is 0 Å². The van der Waals surface area contributed by atoms with Gasteiger partial charge >= 0.3 is 12.1 Å². The summed E-state index contributed by atoms with van der Waals surface area (Å²) in [6.07, 6.45) is -1.52. The first kappa shape index (κ1) is 29.1. The average Bonchev–Trinajstić information content (AvgIpc) is 3.35. The molecule has 0 aliphatic rings. The maximum absolute atomic E-state index is 13.4. The molecule has 1 aromatic carbocycles. The van der Waals surface area contributed by atoms with Gasteiger partial charge in [0, 0.05) is 31.5 Å². The lowest BCUT2D eigenvalue weighted by Gasteiger charge is -2.15. The molecule has 0 aliphatic heterocycles. The van der Waals surface area contributed by atoms with E-state index in [0.717, 1.165) is 29.3 Å². The second-order valence-electron chi connectivity index (χ2n) is 7.91. The summed E-state index contributed by atoms with van der Waals surface area (Å²) >= 11 is 6.32. The molecule has 0 saturated heterocycles. The Hall–Kier alpha value is -3.43. The van der Waals surface area contributed by atoms with Gasteiger partial charge in [-0.1, -0.05) is 11.6 Å². The van der Waals surface area contributed by atoms with E-state index in [-0.39, 0.29) is 40.6 Å². The van der Waals surface area contributed by atoms with E-state index in [1.807, 2.05) is 0 Å². The standard InChI is InChI=1S/C22H22ClF3N4O7S/c1-5-36-19-14(9-28-29(19)2)21(32)37-20-13(8-27-30(20)3)18(31)12-6-7-16(38(4,33)34)15(17(12)23)10-35-11-22(24,25)26/h6-9H,5,10-11H2,1-4H3. The van der Waals surface area contributed by atoms with Crippen molar-refractivity contribution in [3.8, 4) is 11.8 Å². The number of alkyl halides is 3. The molecule has 0 N–H and O–H groups in total. The number of sulfone groups is 1. The molecule has 2 aromatic heterocycles. The van der Waals surface area contributed by atoms with Gasteiger partial charge in [0.1, 0.15) is 17.7 Å². The normalized spacial score (nSPS) is 12.0. The zero-order chi connectivity index (χ0) is 28.4. The van der Waals surface area contributed by atoms with Gasteiger partial charge in [0.15, 0.2) is 9.84 Å². The maximum atomic E-state index is 13.4. The molecule has 11 nitrogen and oxygen atoms in total. The van der Waals surface area contributed by atoms with Crippen molar-refractivity contribution in [2.45, 2.75) is 24.6 Å². The van der Waals surface area contributed by atoms with Crippen LogP contribution in [0.2, 0.25) is 5.02 Å². The lowest BCUT2D eigenvalue weighted by molar-refractivity contribution is -0.176. The molecule has 0 fully saturated rings. The fourth-order valence-corrected chi connectivity index (χ4v) is 4.68. The highest BCUT2D eigenvalue weighted by atomic mass is 35.5. The molecule has 0 saturated carbocycles.